The van der Waals surface area contributed by atoms with Crippen molar-refractivity contribution >= 4 is 17.5 Å². The number of Topliss-reactive ketones (excluding diaryl/α,β-unsaturated/α-hetero) is 1. The molecule has 4 nitrogen and oxygen atoms in total. The summed E-state index contributed by atoms with van der Waals surface area (Å²) in [6, 6.07) is 0. The van der Waals surface area contributed by atoms with Crippen LogP contribution >= 0.6 is 0 Å². The summed E-state index contributed by atoms with van der Waals surface area (Å²) in [6.45, 7) is 3.36. The average molecular weight is 248 g/mol. The first-order valence-corrected chi connectivity index (χ1v) is 6.39. The van der Waals surface area contributed by atoms with E-state index in [1.807, 2.05) is 13.0 Å². The van der Waals surface area contributed by atoms with Crippen molar-refractivity contribution in [2.24, 2.45) is 23.2 Å². The van der Waals surface area contributed by atoms with Crippen molar-refractivity contribution in [3.63, 3.8) is 0 Å². The summed E-state index contributed by atoms with van der Waals surface area (Å²) >= 11 is 0. The molecule has 2 aliphatic carbocycles. The molecule has 3 rings (SSSR count). The van der Waals surface area contributed by atoms with E-state index < -0.39 is 11.5 Å². The summed E-state index contributed by atoms with van der Waals surface area (Å²) in [6.07, 6.45) is 4.13. The van der Waals surface area contributed by atoms with E-state index in [1.165, 1.54) is 13.0 Å². The molecule has 0 aromatic rings. The zero-order valence-corrected chi connectivity index (χ0v) is 10.5. The minimum atomic E-state index is -0.600. The van der Waals surface area contributed by atoms with E-state index in [4.69, 9.17) is 4.74 Å². The van der Waals surface area contributed by atoms with Gasteiger partial charge in [0.25, 0.3) is 0 Å². The normalized spacial score (nSPS) is 45.7. The Hall–Kier alpha value is -1.45. The third-order valence-electron chi connectivity index (χ3n) is 4.89. The van der Waals surface area contributed by atoms with Gasteiger partial charge in [0.05, 0.1) is 5.41 Å². The van der Waals surface area contributed by atoms with Crippen LogP contribution in [0.25, 0.3) is 0 Å². The van der Waals surface area contributed by atoms with Gasteiger partial charge in [-0.05, 0) is 38.2 Å². The molecule has 0 spiro atoms. The van der Waals surface area contributed by atoms with Gasteiger partial charge in [-0.1, -0.05) is 6.08 Å². The van der Waals surface area contributed by atoms with E-state index in [0.717, 1.165) is 6.42 Å². The molecule has 0 bridgehead atoms. The van der Waals surface area contributed by atoms with Crippen molar-refractivity contribution in [2.75, 3.05) is 0 Å². The molecule has 2 saturated carbocycles. The third kappa shape index (κ3) is 1.23. The van der Waals surface area contributed by atoms with Crippen LogP contribution in [0.4, 0.5) is 0 Å². The van der Waals surface area contributed by atoms with Crippen LogP contribution in [0.1, 0.15) is 26.7 Å². The number of ketones is 2. The highest BCUT2D eigenvalue weighted by molar-refractivity contribution is 5.94. The van der Waals surface area contributed by atoms with Gasteiger partial charge in [0, 0.05) is 12.3 Å². The molecule has 4 heteroatoms. The Bertz CT molecular complexity index is 478. The molecule has 96 valence electrons. The lowest BCUT2D eigenvalue weighted by atomic mass is 9.44. The van der Waals surface area contributed by atoms with E-state index in [2.05, 4.69) is 0 Å². The molecule has 0 aromatic carbocycles. The molecule has 3 aliphatic rings. The number of allylic oxidation sites excluding steroid dienone is 2. The average Bonchev–Trinajstić information content (AvgIpc) is 2.53. The molecular formula is C14H16O4. The smallest absolute Gasteiger partial charge is 0.313 e. The molecule has 0 unspecified atom stereocenters. The van der Waals surface area contributed by atoms with Crippen molar-refractivity contribution < 1.29 is 19.1 Å². The molecule has 3 fully saturated rings. The molecule has 0 aromatic heterocycles. The molecule has 1 heterocycles. The highest BCUT2D eigenvalue weighted by Gasteiger charge is 2.72. The summed E-state index contributed by atoms with van der Waals surface area (Å²) in [5, 5.41) is 0. The van der Waals surface area contributed by atoms with Gasteiger partial charge < -0.3 is 4.74 Å². The maximum atomic E-state index is 12.0. The fraction of sp³-hybridized carbons (Fsp3) is 0.643. The summed E-state index contributed by atoms with van der Waals surface area (Å²) in [7, 11) is 0. The van der Waals surface area contributed by atoms with Crippen LogP contribution in [0.2, 0.25) is 0 Å². The first-order chi connectivity index (χ1) is 8.46. The highest BCUT2D eigenvalue weighted by Crippen LogP contribution is 2.65. The first kappa shape index (κ1) is 11.6. The SMILES string of the molecule is CC(=O)/C=C/[C@H]1[C@H]2CCC(=O)[C@H]3OC(=O)[C@]1(C)[C@@H]23. The van der Waals surface area contributed by atoms with E-state index >= 15 is 0 Å². The first-order valence-electron chi connectivity index (χ1n) is 6.39. The second kappa shape index (κ2) is 3.53. The Morgan fingerprint density at radius 1 is 1.44 bits per heavy atom. The van der Waals surface area contributed by atoms with Gasteiger partial charge in [0.2, 0.25) is 0 Å². The van der Waals surface area contributed by atoms with Gasteiger partial charge in [0.15, 0.2) is 17.7 Å². The molecular weight excluding hydrogens is 232 g/mol. The monoisotopic (exact) mass is 248 g/mol. The quantitative estimate of drug-likeness (QED) is 0.545. The second-order valence-corrected chi connectivity index (χ2v) is 5.80. The van der Waals surface area contributed by atoms with Crippen LogP contribution in [0.5, 0.6) is 0 Å². The lowest BCUT2D eigenvalue weighted by molar-refractivity contribution is -0.155. The predicted octanol–water partition coefficient (Wildman–Crippen LogP) is 1.29. The summed E-state index contributed by atoms with van der Waals surface area (Å²) < 4.78 is 5.26. The fourth-order valence-electron chi connectivity index (χ4n) is 4.00. The Labute approximate surface area is 105 Å². The Kier molecular flexibility index (Phi) is 2.28. The van der Waals surface area contributed by atoms with Gasteiger partial charge in [-0.15, -0.1) is 0 Å². The summed E-state index contributed by atoms with van der Waals surface area (Å²) in [5.74, 6) is 0.131. The lowest BCUT2D eigenvalue weighted by Crippen LogP contribution is -2.59. The standard InChI is InChI=1S/C14H16O4/c1-7(15)3-5-9-8-4-6-10(16)12-11(8)14(9,2)13(17)18-12/h3,5,8-9,11-12H,4,6H2,1-2H3/b5-3+/t8-,9+,11+,12-,14+/m1/s1. The van der Waals surface area contributed by atoms with Crippen molar-refractivity contribution in [1.82, 2.24) is 0 Å². The topological polar surface area (TPSA) is 60.4 Å². The lowest BCUT2D eigenvalue weighted by Gasteiger charge is -2.55. The molecule has 5 atom stereocenters. The second-order valence-electron chi connectivity index (χ2n) is 5.80. The number of carbonyl (C=O) groups is 3. The Morgan fingerprint density at radius 2 is 2.17 bits per heavy atom. The van der Waals surface area contributed by atoms with Crippen LogP contribution in [0.15, 0.2) is 12.2 Å². The van der Waals surface area contributed by atoms with Crippen molar-refractivity contribution in [2.45, 2.75) is 32.8 Å². The zero-order valence-electron chi connectivity index (χ0n) is 10.5. The maximum absolute atomic E-state index is 12.0. The maximum Gasteiger partial charge on any atom is 0.313 e. The van der Waals surface area contributed by atoms with Crippen LogP contribution in [-0.2, 0) is 19.1 Å². The number of carbonyl (C=O) groups excluding carboxylic acids is 3. The number of hydrogen-bond acceptors (Lipinski definition) is 4. The van der Waals surface area contributed by atoms with Crippen molar-refractivity contribution in [1.29, 1.82) is 0 Å². The molecule has 1 saturated heterocycles. The van der Waals surface area contributed by atoms with Crippen molar-refractivity contribution in [3.05, 3.63) is 12.2 Å². The van der Waals surface area contributed by atoms with Gasteiger partial charge in [-0.3, -0.25) is 14.4 Å². The minimum absolute atomic E-state index is 0.0168. The molecule has 1 aliphatic heterocycles. The van der Waals surface area contributed by atoms with E-state index in [-0.39, 0.29) is 29.4 Å². The van der Waals surface area contributed by atoms with Gasteiger partial charge in [0.1, 0.15) is 0 Å². The number of esters is 1. The highest BCUT2D eigenvalue weighted by atomic mass is 16.6. The Morgan fingerprint density at radius 3 is 2.83 bits per heavy atom. The number of hydrogen-bond donors (Lipinski definition) is 0. The van der Waals surface area contributed by atoms with Gasteiger partial charge in [-0.2, -0.15) is 0 Å². The molecule has 0 radical (unpaired) electrons. The fourth-order valence-corrected chi connectivity index (χ4v) is 4.00. The van der Waals surface area contributed by atoms with E-state index in [1.54, 1.807) is 0 Å². The zero-order chi connectivity index (χ0) is 13.1. The molecule has 18 heavy (non-hydrogen) atoms. The van der Waals surface area contributed by atoms with Crippen molar-refractivity contribution in [3.8, 4) is 0 Å². The van der Waals surface area contributed by atoms with E-state index in [0.29, 0.717) is 12.3 Å². The van der Waals surface area contributed by atoms with Gasteiger partial charge >= 0.3 is 5.97 Å². The minimum Gasteiger partial charge on any atom is -0.454 e. The third-order valence-corrected chi connectivity index (χ3v) is 4.89. The van der Waals surface area contributed by atoms with Gasteiger partial charge in [-0.25, -0.2) is 0 Å². The predicted molar refractivity (Wildman–Crippen MR) is 62.5 cm³/mol. The molecule has 0 N–H and O–H groups in total. The summed E-state index contributed by atoms with van der Waals surface area (Å²) in [5.41, 5.74) is -0.600. The summed E-state index contributed by atoms with van der Waals surface area (Å²) in [4.78, 5) is 34.8. The van der Waals surface area contributed by atoms with E-state index in [9.17, 15) is 14.4 Å². The van der Waals surface area contributed by atoms with Crippen LogP contribution in [0.3, 0.4) is 0 Å². The number of rotatable bonds is 2. The largest absolute Gasteiger partial charge is 0.454 e. The van der Waals surface area contributed by atoms with Crippen LogP contribution in [-0.4, -0.2) is 23.6 Å². The Balaban J connectivity index is 1.94. The van der Waals surface area contributed by atoms with Crippen LogP contribution in [0, 0.1) is 23.2 Å². The molecule has 0 amide bonds. The number of ether oxygens (including phenoxy) is 1. The van der Waals surface area contributed by atoms with Crippen LogP contribution < -0.4 is 0 Å².